The van der Waals surface area contributed by atoms with Gasteiger partial charge in [-0.25, -0.2) is 0 Å². The number of fused-ring (bicyclic) bond motifs is 1. The summed E-state index contributed by atoms with van der Waals surface area (Å²) >= 11 is 0. The fraction of sp³-hybridized carbons (Fsp3) is 0. The molecule has 0 spiro atoms. The topological polar surface area (TPSA) is 84.7 Å². The van der Waals surface area contributed by atoms with Crippen LogP contribution in [0, 0.1) is 0 Å². The molecule has 5 nitrogen and oxygen atoms in total. The van der Waals surface area contributed by atoms with E-state index in [4.69, 9.17) is 5.73 Å². The van der Waals surface area contributed by atoms with Crippen molar-refractivity contribution in [1.82, 2.24) is 15.4 Å². The van der Waals surface area contributed by atoms with Gasteiger partial charge in [-0.1, -0.05) is 0 Å². The van der Waals surface area contributed by atoms with E-state index in [-0.39, 0.29) is 0 Å². The quantitative estimate of drug-likeness (QED) is 0.468. The normalized spacial score (nSPS) is 10.3. The van der Waals surface area contributed by atoms with Gasteiger partial charge in [-0.15, -0.1) is 0 Å². The number of H-pyrrole nitrogens is 1. The van der Waals surface area contributed by atoms with Crippen molar-refractivity contribution >= 4 is 23.0 Å². The lowest BCUT2D eigenvalue weighted by Gasteiger charge is -1.93. The van der Waals surface area contributed by atoms with Gasteiger partial charge in [0, 0.05) is 5.56 Å². The first-order chi connectivity index (χ1) is 5.81. The molecule has 3 N–H and O–H groups in total. The Kier molecular flexibility index (Phi) is 1.30. The number of nitrogens with one attached hydrogen (secondary N) is 1. The van der Waals surface area contributed by atoms with E-state index in [2.05, 4.69) is 15.4 Å². The number of rotatable bonds is 1. The van der Waals surface area contributed by atoms with E-state index in [0.717, 1.165) is 6.29 Å². The van der Waals surface area contributed by atoms with E-state index in [9.17, 15) is 4.79 Å². The standard InChI is InChI=1S/C7H6N4O/c8-5-1-4(3-12)2-6-7(5)10-11-9-6/h1-3H,8H2,(H,9,10,11). The summed E-state index contributed by atoms with van der Waals surface area (Å²) in [5.41, 5.74) is 7.77. The fourth-order valence-corrected chi connectivity index (χ4v) is 1.07. The van der Waals surface area contributed by atoms with Crippen LogP contribution in [0.5, 0.6) is 0 Å². The first-order valence-electron chi connectivity index (χ1n) is 3.36. The molecule has 1 heterocycles. The third kappa shape index (κ3) is 0.833. The zero-order chi connectivity index (χ0) is 8.55. The molecule has 0 saturated heterocycles. The zero-order valence-corrected chi connectivity index (χ0v) is 6.11. The SMILES string of the molecule is Nc1cc(C=O)cc2n[nH]nc12. The van der Waals surface area contributed by atoms with Gasteiger partial charge >= 0.3 is 0 Å². The number of anilines is 1. The minimum Gasteiger partial charge on any atom is -0.397 e. The fourth-order valence-electron chi connectivity index (χ4n) is 1.07. The molecular formula is C7H6N4O. The molecule has 0 aliphatic rings. The van der Waals surface area contributed by atoms with Crippen LogP contribution in [0.4, 0.5) is 5.69 Å². The number of aromatic nitrogens is 3. The second kappa shape index (κ2) is 2.30. The Bertz CT molecular complexity index is 434. The maximum atomic E-state index is 10.4. The minimum atomic E-state index is 0.461. The van der Waals surface area contributed by atoms with E-state index in [0.29, 0.717) is 22.3 Å². The lowest BCUT2D eigenvalue weighted by molar-refractivity contribution is 0.112. The summed E-state index contributed by atoms with van der Waals surface area (Å²) in [6.45, 7) is 0. The number of carbonyl (C=O) groups is 1. The van der Waals surface area contributed by atoms with Crippen molar-refractivity contribution < 1.29 is 4.79 Å². The highest BCUT2D eigenvalue weighted by Gasteiger charge is 2.03. The van der Waals surface area contributed by atoms with Gasteiger partial charge in [-0.3, -0.25) is 4.79 Å². The van der Waals surface area contributed by atoms with Gasteiger partial charge in [-0.2, -0.15) is 15.4 Å². The first-order valence-corrected chi connectivity index (χ1v) is 3.36. The minimum absolute atomic E-state index is 0.461. The molecule has 0 aliphatic heterocycles. The number of aromatic amines is 1. The predicted octanol–water partition coefficient (Wildman–Crippen LogP) is 0.353. The Morgan fingerprint density at radius 3 is 3.00 bits per heavy atom. The highest BCUT2D eigenvalue weighted by atomic mass is 16.1. The number of hydrogen-bond donors (Lipinski definition) is 2. The van der Waals surface area contributed by atoms with Crippen LogP contribution in [0.1, 0.15) is 10.4 Å². The Balaban J connectivity index is 2.83. The summed E-state index contributed by atoms with van der Waals surface area (Å²) < 4.78 is 0. The van der Waals surface area contributed by atoms with E-state index in [1.807, 2.05) is 0 Å². The third-order valence-corrected chi connectivity index (χ3v) is 1.61. The summed E-state index contributed by atoms with van der Waals surface area (Å²) in [5, 5.41) is 10.1. The molecular weight excluding hydrogens is 156 g/mol. The van der Waals surface area contributed by atoms with Gasteiger partial charge in [0.15, 0.2) is 0 Å². The molecule has 0 aliphatic carbocycles. The van der Waals surface area contributed by atoms with Crippen molar-refractivity contribution in [2.45, 2.75) is 0 Å². The molecule has 12 heavy (non-hydrogen) atoms. The molecule has 0 unspecified atom stereocenters. The molecule has 0 fully saturated rings. The van der Waals surface area contributed by atoms with Crippen molar-refractivity contribution in [3.05, 3.63) is 17.7 Å². The van der Waals surface area contributed by atoms with Crippen LogP contribution in [-0.2, 0) is 0 Å². The molecule has 1 aromatic carbocycles. The lowest BCUT2D eigenvalue weighted by Crippen LogP contribution is -1.89. The molecule has 0 atom stereocenters. The average Bonchev–Trinajstić information content (AvgIpc) is 2.52. The number of nitrogens with zero attached hydrogens (tertiary/aromatic N) is 2. The average molecular weight is 162 g/mol. The largest absolute Gasteiger partial charge is 0.397 e. The Labute approximate surface area is 67.6 Å². The van der Waals surface area contributed by atoms with Crippen molar-refractivity contribution in [3.63, 3.8) is 0 Å². The van der Waals surface area contributed by atoms with E-state index >= 15 is 0 Å². The van der Waals surface area contributed by atoms with Crippen LogP contribution in [0.15, 0.2) is 12.1 Å². The van der Waals surface area contributed by atoms with E-state index < -0.39 is 0 Å². The number of nitrogens with two attached hydrogens (primary N) is 1. The number of benzene rings is 1. The zero-order valence-electron chi connectivity index (χ0n) is 6.11. The first kappa shape index (κ1) is 6.78. The summed E-state index contributed by atoms with van der Waals surface area (Å²) in [6.07, 6.45) is 0.727. The number of aldehydes is 1. The smallest absolute Gasteiger partial charge is 0.150 e. The highest BCUT2D eigenvalue weighted by molar-refractivity contribution is 5.92. The monoisotopic (exact) mass is 162 g/mol. The van der Waals surface area contributed by atoms with Crippen LogP contribution in [-0.4, -0.2) is 21.7 Å². The summed E-state index contributed by atoms with van der Waals surface area (Å²) in [7, 11) is 0. The van der Waals surface area contributed by atoms with Crippen molar-refractivity contribution in [2.24, 2.45) is 0 Å². The Hall–Kier alpha value is -1.91. The van der Waals surface area contributed by atoms with Crippen molar-refractivity contribution in [3.8, 4) is 0 Å². The second-order valence-corrected chi connectivity index (χ2v) is 2.42. The molecule has 0 radical (unpaired) electrons. The molecule has 0 saturated carbocycles. The van der Waals surface area contributed by atoms with Crippen molar-refractivity contribution in [1.29, 1.82) is 0 Å². The van der Waals surface area contributed by atoms with Gasteiger partial charge < -0.3 is 5.73 Å². The summed E-state index contributed by atoms with van der Waals surface area (Å²) in [4.78, 5) is 10.4. The van der Waals surface area contributed by atoms with Gasteiger partial charge in [0.2, 0.25) is 0 Å². The third-order valence-electron chi connectivity index (χ3n) is 1.61. The second-order valence-electron chi connectivity index (χ2n) is 2.42. The molecule has 0 bridgehead atoms. The van der Waals surface area contributed by atoms with E-state index in [1.165, 1.54) is 0 Å². The van der Waals surface area contributed by atoms with Crippen LogP contribution < -0.4 is 5.73 Å². The molecule has 5 heteroatoms. The number of carbonyl (C=O) groups excluding carboxylic acids is 1. The van der Waals surface area contributed by atoms with Gasteiger partial charge in [0.1, 0.15) is 17.3 Å². The summed E-state index contributed by atoms with van der Waals surface area (Å²) in [6, 6.07) is 3.19. The molecule has 60 valence electrons. The van der Waals surface area contributed by atoms with Crippen molar-refractivity contribution in [2.75, 3.05) is 5.73 Å². The molecule has 2 rings (SSSR count). The van der Waals surface area contributed by atoms with Gasteiger partial charge in [-0.05, 0) is 12.1 Å². The number of nitrogen functional groups attached to an aromatic ring is 1. The molecule has 1 aromatic heterocycles. The maximum Gasteiger partial charge on any atom is 0.150 e. The summed E-state index contributed by atoms with van der Waals surface area (Å²) in [5.74, 6) is 0. The van der Waals surface area contributed by atoms with Crippen LogP contribution >= 0.6 is 0 Å². The highest BCUT2D eigenvalue weighted by Crippen LogP contribution is 2.17. The van der Waals surface area contributed by atoms with Crippen LogP contribution in [0.25, 0.3) is 11.0 Å². The van der Waals surface area contributed by atoms with Gasteiger partial charge in [0.25, 0.3) is 0 Å². The lowest BCUT2D eigenvalue weighted by atomic mass is 10.2. The molecule has 2 aromatic rings. The van der Waals surface area contributed by atoms with E-state index in [1.54, 1.807) is 12.1 Å². The molecule has 0 amide bonds. The van der Waals surface area contributed by atoms with Crippen LogP contribution in [0.2, 0.25) is 0 Å². The number of hydrogen-bond acceptors (Lipinski definition) is 4. The Morgan fingerprint density at radius 1 is 1.42 bits per heavy atom. The Morgan fingerprint density at radius 2 is 2.25 bits per heavy atom. The maximum absolute atomic E-state index is 10.4. The predicted molar refractivity (Wildman–Crippen MR) is 43.7 cm³/mol. The van der Waals surface area contributed by atoms with Gasteiger partial charge in [0.05, 0.1) is 5.69 Å². The van der Waals surface area contributed by atoms with Crippen LogP contribution in [0.3, 0.4) is 0 Å².